The fourth-order valence-corrected chi connectivity index (χ4v) is 2.21. The van der Waals surface area contributed by atoms with Crippen LogP contribution < -0.4 is 16.4 Å². The average Bonchev–Trinajstić information content (AvgIpc) is 2.58. The van der Waals surface area contributed by atoms with Crippen molar-refractivity contribution < 1.29 is 4.79 Å². The third-order valence-electron chi connectivity index (χ3n) is 2.09. The van der Waals surface area contributed by atoms with Crippen LogP contribution in [-0.4, -0.2) is 23.5 Å². The van der Waals surface area contributed by atoms with Crippen LogP contribution in [0.5, 0.6) is 0 Å². The number of nitrogens with zero attached hydrogens (tertiary/aromatic N) is 1. The smallest absolute Gasteiger partial charge is 0.265 e. The minimum atomic E-state index is -0.134. The number of nitrogen functional groups attached to an aromatic ring is 1. The molecule has 0 unspecified atom stereocenters. The largest absolute Gasteiger partial charge is 0.382 e. The Balaban J connectivity index is 2.63. The molecule has 0 aliphatic heterocycles. The first-order valence-corrected chi connectivity index (χ1v) is 6.67. The van der Waals surface area contributed by atoms with Crippen molar-refractivity contribution in [1.29, 1.82) is 0 Å². The zero-order chi connectivity index (χ0) is 12.8. The van der Waals surface area contributed by atoms with Gasteiger partial charge < -0.3 is 16.4 Å². The Morgan fingerprint density at radius 3 is 2.82 bits per heavy atom. The Labute approximate surface area is 106 Å². The van der Waals surface area contributed by atoms with Crippen LogP contribution in [0.15, 0.2) is 0 Å². The third kappa shape index (κ3) is 4.22. The number of hydrogen-bond acceptors (Lipinski definition) is 5. The van der Waals surface area contributed by atoms with Gasteiger partial charge in [0.25, 0.3) is 5.91 Å². The Kier molecular flexibility index (Phi) is 5.21. The van der Waals surface area contributed by atoms with Crippen LogP contribution in [0, 0.1) is 0 Å². The molecular weight excluding hydrogens is 236 g/mol. The van der Waals surface area contributed by atoms with Crippen molar-refractivity contribution >= 4 is 28.2 Å². The van der Waals surface area contributed by atoms with Crippen LogP contribution in [0.3, 0.4) is 0 Å². The monoisotopic (exact) mass is 256 g/mol. The minimum Gasteiger partial charge on any atom is -0.382 e. The van der Waals surface area contributed by atoms with Gasteiger partial charge in [-0.25, -0.2) is 4.98 Å². The summed E-state index contributed by atoms with van der Waals surface area (Å²) in [7, 11) is 0. The molecule has 96 valence electrons. The van der Waals surface area contributed by atoms with Gasteiger partial charge in [0.05, 0.1) is 0 Å². The number of hydrogen-bond donors (Lipinski definition) is 3. The fraction of sp³-hybridized carbons (Fsp3) is 0.636. The van der Waals surface area contributed by atoms with E-state index in [0.717, 1.165) is 12.8 Å². The number of thiazole rings is 1. The van der Waals surface area contributed by atoms with E-state index in [9.17, 15) is 4.79 Å². The first-order valence-electron chi connectivity index (χ1n) is 5.85. The van der Waals surface area contributed by atoms with Crippen LogP contribution in [0.25, 0.3) is 0 Å². The summed E-state index contributed by atoms with van der Waals surface area (Å²) in [4.78, 5) is 16.4. The maximum atomic E-state index is 11.8. The summed E-state index contributed by atoms with van der Waals surface area (Å²) >= 11 is 1.29. The van der Waals surface area contributed by atoms with Gasteiger partial charge in [-0.15, -0.1) is 0 Å². The second-order valence-electron chi connectivity index (χ2n) is 4.14. The van der Waals surface area contributed by atoms with Crippen LogP contribution in [0.2, 0.25) is 0 Å². The highest BCUT2D eigenvalue weighted by molar-refractivity contribution is 7.18. The normalized spacial score (nSPS) is 10.6. The van der Waals surface area contributed by atoms with Crippen molar-refractivity contribution in [3.63, 3.8) is 0 Å². The lowest BCUT2D eigenvalue weighted by Gasteiger charge is -2.04. The molecule has 0 aliphatic rings. The summed E-state index contributed by atoms with van der Waals surface area (Å²) in [6, 6.07) is 0.275. The average molecular weight is 256 g/mol. The Bertz CT molecular complexity index is 376. The van der Waals surface area contributed by atoms with Gasteiger partial charge in [0, 0.05) is 12.6 Å². The van der Waals surface area contributed by atoms with Crippen molar-refractivity contribution in [3.8, 4) is 0 Å². The quantitative estimate of drug-likeness (QED) is 0.681. The Morgan fingerprint density at radius 1 is 1.53 bits per heavy atom. The predicted octanol–water partition coefficient (Wildman–Crippen LogP) is 2.08. The van der Waals surface area contributed by atoms with Crippen LogP contribution >= 0.6 is 11.3 Å². The topological polar surface area (TPSA) is 80.0 Å². The van der Waals surface area contributed by atoms with Gasteiger partial charge in [0.1, 0.15) is 10.7 Å². The van der Waals surface area contributed by atoms with Crippen molar-refractivity contribution in [1.82, 2.24) is 10.3 Å². The Hall–Kier alpha value is -1.30. The molecule has 0 saturated carbocycles. The van der Waals surface area contributed by atoms with Gasteiger partial charge in [-0.1, -0.05) is 24.7 Å². The molecule has 0 saturated heterocycles. The molecule has 1 rings (SSSR count). The van der Waals surface area contributed by atoms with E-state index in [2.05, 4.69) is 22.5 Å². The van der Waals surface area contributed by atoms with E-state index in [0.29, 0.717) is 22.4 Å². The first kappa shape index (κ1) is 13.8. The van der Waals surface area contributed by atoms with Gasteiger partial charge in [0.15, 0.2) is 5.13 Å². The number of nitrogens with two attached hydrogens (primary N) is 1. The number of rotatable bonds is 6. The summed E-state index contributed by atoms with van der Waals surface area (Å²) in [6.45, 7) is 6.79. The second kappa shape index (κ2) is 6.44. The van der Waals surface area contributed by atoms with Crippen molar-refractivity contribution in [2.24, 2.45) is 0 Å². The molecule has 17 heavy (non-hydrogen) atoms. The third-order valence-corrected chi connectivity index (χ3v) is 3.09. The molecule has 6 heteroatoms. The lowest BCUT2D eigenvalue weighted by molar-refractivity contribution is 0.0958. The number of nitrogens with one attached hydrogen (secondary N) is 2. The van der Waals surface area contributed by atoms with E-state index in [1.54, 1.807) is 0 Å². The van der Waals surface area contributed by atoms with Gasteiger partial charge >= 0.3 is 0 Å². The fourth-order valence-electron chi connectivity index (χ4n) is 1.26. The molecule has 0 fully saturated rings. The van der Waals surface area contributed by atoms with Crippen LogP contribution in [0.4, 0.5) is 10.9 Å². The molecule has 0 aromatic carbocycles. The number of carbonyl (C=O) groups excluding carboxylic acids is 1. The van der Waals surface area contributed by atoms with Crippen molar-refractivity contribution in [2.45, 2.75) is 39.7 Å². The number of aromatic nitrogens is 1. The molecular formula is C11H20N4OS. The summed E-state index contributed by atoms with van der Waals surface area (Å²) in [6.07, 6.45) is 2.03. The van der Waals surface area contributed by atoms with Crippen molar-refractivity contribution in [2.75, 3.05) is 17.6 Å². The SMILES string of the molecule is CCCCNC(=O)c1sc(NC(C)C)nc1N. The molecule has 1 heterocycles. The first-order chi connectivity index (χ1) is 8.04. The van der Waals surface area contributed by atoms with E-state index in [1.807, 2.05) is 13.8 Å². The molecule has 0 radical (unpaired) electrons. The van der Waals surface area contributed by atoms with E-state index >= 15 is 0 Å². The van der Waals surface area contributed by atoms with Gasteiger partial charge in [-0.2, -0.15) is 0 Å². The predicted molar refractivity (Wildman–Crippen MR) is 72.5 cm³/mol. The zero-order valence-electron chi connectivity index (χ0n) is 10.5. The molecule has 0 bridgehead atoms. The summed E-state index contributed by atoms with van der Waals surface area (Å²) in [5.41, 5.74) is 5.72. The lowest BCUT2D eigenvalue weighted by atomic mass is 10.3. The number of amides is 1. The second-order valence-corrected chi connectivity index (χ2v) is 5.14. The maximum absolute atomic E-state index is 11.8. The van der Waals surface area contributed by atoms with E-state index in [4.69, 9.17) is 5.73 Å². The lowest BCUT2D eigenvalue weighted by Crippen LogP contribution is -2.24. The van der Waals surface area contributed by atoms with E-state index in [1.165, 1.54) is 11.3 Å². The van der Waals surface area contributed by atoms with Gasteiger partial charge in [-0.3, -0.25) is 4.79 Å². The summed E-state index contributed by atoms with van der Waals surface area (Å²) < 4.78 is 0. The van der Waals surface area contributed by atoms with E-state index < -0.39 is 0 Å². The molecule has 0 aliphatic carbocycles. The van der Waals surface area contributed by atoms with Crippen LogP contribution in [0.1, 0.15) is 43.3 Å². The zero-order valence-corrected chi connectivity index (χ0v) is 11.4. The molecule has 0 atom stereocenters. The number of carbonyl (C=O) groups is 1. The van der Waals surface area contributed by atoms with Gasteiger partial charge in [0.2, 0.25) is 0 Å². The van der Waals surface area contributed by atoms with Gasteiger partial charge in [-0.05, 0) is 20.3 Å². The highest BCUT2D eigenvalue weighted by atomic mass is 32.1. The molecule has 1 amide bonds. The van der Waals surface area contributed by atoms with Crippen LogP contribution in [-0.2, 0) is 0 Å². The summed E-state index contributed by atoms with van der Waals surface area (Å²) in [5, 5.41) is 6.66. The van der Waals surface area contributed by atoms with Crippen molar-refractivity contribution in [3.05, 3.63) is 4.88 Å². The maximum Gasteiger partial charge on any atom is 0.265 e. The molecule has 4 N–H and O–H groups in total. The summed E-state index contributed by atoms with van der Waals surface area (Å²) in [5.74, 6) is 0.164. The molecule has 1 aromatic rings. The highest BCUT2D eigenvalue weighted by Crippen LogP contribution is 2.25. The molecule has 1 aromatic heterocycles. The highest BCUT2D eigenvalue weighted by Gasteiger charge is 2.15. The minimum absolute atomic E-state index is 0.134. The number of anilines is 2. The molecule has 0 spiro atoms. The molecule has 5 nitrogen and oxygen atoms in total. The van der Waals surface area contributed by atoms with E-state index in [-0.39, 0.29) is 11.9 Å². The number of unbranched alkanes of at least 4 members (excludes halogenated alkanes) is 1. The standard InChI is InChI=1S/C11H20N4OS/c1-4-5-6-13-10(16)8-9(12)15-11(17-8)14-7(2)3/h7H,4-6,12H2,1-3H3,(H,13,16)(H,14,15). The Morgan fingerprint density at radius 2 is 2.24 bits per heavy atom.